The number of anilines is 1. The molecule has 1 amide bonds. The zero-order valence-electron chi connectivity index (χ0n) is 12.5. The van der Waals surface area contributed by atoms with Gasteiger partial charge in [-0.1, -0.05) is 30.7 Å². The van der Waals surface area contributed by atoms with Gasteiger partial charge in [-0.2, -0.15) is 0 Å². The summed E-state index contributed by atoms with van der Waals surface area (Å²) in [5.74, 6) is -0.943. The molecule has 0 atom stereocenters. The summed E-state index contributed by atoms with van der Waals surface area (Å²) in [6.07, 6.45) is 0.934. The van der Waals surface area contributed by atoms with Crippen molar-refractivity contribution >= 4 is 29.2 Å². The molecule has 0 aromatic heterocycles. The predicted molar refractivity (Wildman–Crippen MR) is 88.4 cm³/mol. The van der Waals surface area contributed by atoms with Gasteiger partial charge in [-0.3, -0.25) is 4.79 Å². The Morgan fingerprint density at radius 3 is 2.48 bits per heavy atom. The van der Waals surface area contributed by atoms with E-state index in [2.05, 4.69) is 12.2 Å². The summed E-state index contributed by atoms with van der Waals surface area (Å²) in [6, 6.07) is 11.7. The highest BCUT2D eigenvalue weighted by Gasteiger charge is 2.11. The summed E-state index contributed by atoms with van der Waals surface area (Å²) in [5, 5.41) is 11.7. The van der Waals surface area contributed by atoms with E-state index in [1.54, 1.807) is 12.1 Å². The minimum absolute atomic E-state index is 0.0689. The van der Waals surface area contributed by atoms with Crippen LogP contribution in [0.4, 0.5) is 5.69 Å². The van der Waals surface area contributed by atoms with Crippen molar-refractivity contribution in [3.63, 3.8) is 0 Å². The van der Waals surface area contributed by atoms with E-state index in [0.29, 0.717) is 11.4 Å². The summed E-state index contributed by atoms with van der Waals surface area (Å²) >= 11 is 5.78. The van der Waals surface area contributed by atoms with E-state index in [0.717, 1.165) is 6.42 Å². The minimum Gasteiger partial charge on any atom is -0.484 e. The molecule has 23 heavy (non-hydrogen) atoms. The van der Waals surface area contributed by atoms with Gasteiger partial charge in [-0.15, -0.1) is 0 Å². The van der Waals surface area contributed by atoms with Gasteiger partial charge in [-0.05, 0) is 42.3 Å². The lowest BCUT2D eigenvalue weighted by Gasteiger charge is -2.09. The van der Waals surface area contributed by atoms with E-state index in [9.17, 15) is 9.59 Å². The van der Waals surface area contributed by atoms with Crippen LogP contribution in [-0.4, -0.2) is 23.6 Å². The lowest BCUT2D eigenvalue weighted by Crippen LogP contribution is -2.20. The predicted octanol–water partition coefficient (Wildman–Crippen LogP) is 3.62. The highest BCUT2D eigenvalue weighted by atomic mass is 35.5. The van der Waals surface area contributed by atoms with Crippen LogP contribution in [0.3, 0.4) is 0 Å². The van der Waals surface area contributed by atoms with Crippen LogP contribution in [0.1, 0.15) is 22.8 Å². The maximum atomic E-state index is 11.9. The third kappa shape index (κ3) is 4.72. The number of carbonyl (C=O) groups is 2. The van der Waals surface area contributed by atoms with E-state index in [1.807, 2.05) is 12.1 Å². The normalized spacial score (nSPS) is 10.2. The maximum absolute atomic E-state index is 11.9. The van der Waals surface area contributed by atoms with Crippen LogP contribution in [-0.2, 0) is 11.2 Å². The summed E-state index contributed by atoms with van der Waals surface area (Å²) < 4.78 is 5.39. The fraction of sp³-hybridized carbons (Fsp3) is 0.176. The van der Waals surface area contributed by atoms with Gasteiger partial charge in [0.05, 0.1) is 10.6 Å². The zero-order chi connectivity index (χ0) is 16.8. The molecule has 2 aromatic rings. The molecule has 0 radical (unpaired) electrons. The van der Waals surface area contributed by atoms with Gasteiger partial charge < -0.3 is 15.2 Å². The van der Waals surface area contributed by atoms with Crippen molar-refractivity contribution in [1.29, 1.82) is 0 Å². The summed E-state index contributed by atoms with van der Waals surface area (Å²) in [7, 11) is 0. The van der Waals surface area contributed by atoms with Crippen LogP contribution in [0.15, 0.2) is 42.5 Å². The molecule has 2 rings (SSSR count). The van der Waals surface area contributed by atoms with Gasteiger partial charge in [0, 0.05) is 5.69 Å². The van der Waals surface area contributed by atoms with Crippen molar-refractivity contribution in [3.05, 3.63) is 58.6 Å². The number of aromatic carboxylic acids is 1. The Labute approximate surface area is 138 Å². The van der Waals surface area contributed by atoms with Crippen LogP contribution in [0.2, 0.25) is 5.02 Å². The second-order valence-electron chi connectivity index (χ2n) is 4.83. The quantitative estimate of drug-likeness (QED) is 0.846. The summed E-state index contributed by atoms with van der Waals surface area (Å²) in [5.41, 5.74) is 1.46. The molecule has 0 aliphatic carbocycles. The fourth-order valence-corrected chi connectivity index (χ4v) is 2.13. The third-order valence-electron chi connectivity index (χ3n) is 3.18. The molecule has 6 heteroatoms. The lowest BCUT2D eigenvalue weighted by atomic mass is 10.2. The molecule has 0 aliphatic rings. The number of amides is 1. The first-order chi connectivity index (χ1) is 11.0. The van der Waals surface area contributed by atoms with Gasteiger partial charge in [0.1, 0.15) is 5.75 Å². The van der Waals surface area contributed by atoms with Crippen LogP contribution < -0.4 is 10.1 Å². The Bertz CT molecular complexity index is 713. The molecular weight excluding hydrogens is 318 g/mol. The molecule has 2 aromatic carbocycles. The number of carbonyl (C=O) groups excluding carboxylic acids is 1. The van der Waals surface area contributed by atoms with E-state index in [1.165, 1.54) is 23.8 Å². The number of aryl methyl sites for hydroxylation is 1. The molecule has 0 unspecified atom stereocenters. The number of carboxylic acids is 1. The second-order valence-corrected chi connectivity index (χ2v) is 5.24. The second kappa shape index (κ2) is 7.65. The molecule has 120 valence electrons. The SMILES string of the molecule is CCc1ccc(OCC(=O)Nc2ccc(Cl)c(C(=O)O)c2)cc1. The Hall–Kier alpha value is -2.53. The molecule has 0 saturated heterocycles. The van der Waals surface area contributed by atoms with Crippen molar-refractivity contribution in [2.75, 3.05) is 11.9 Å². The fourth-order valence-electron chi connectivity index (χ4n) is 1.93. The highest BCUT2D eigenvalue weighted by molar-refractivity contribution is 6.33. The van der Waals surface area contributed by atoms with Crippen LogP contribution in [0.5, 0.6) is 5.75 Å². The minimum atomic E-state index is -1.15. The number of rotatable bonds is 6. The number of carboxylic acid groups (broad SMARTS) is 1. The Balaban J connectivity index is 1.94. The van der Waals surface area contributed by atoms with Crippen molar-refractivity contribution < 1.29 is 19.4 Å². The first kappa shape index (κ1) is 16.8. The first-order valence-electron chi connectivity index (χ1n) is 7.04. The van der Waals surface area contributed by atoms with E-state index < -0.39 is 5.97 Å². The largest absolute Gasteiger partial charge is 0.484 e. The van der Waals surface area contributed by atoms with Gasteiger partial charge in [0.15, 0.2) is 6.61 Å². The lowest BCUT2D eigenvalue weighted by molar-refractivity contribution is -0.118. The van der Waals surface area contributed by atoms with Crippen LogP contribution >= 0.6 is 11.6 Å². The van der Waals surface area contributed by atoms with Gasteiger partial charge in [0.25, 0.3) is 5.91 Å². The molecule has 0 spiro atoms. The van der Waals surface area contributed by atoms with Gasteiger partial charge >= 0.3 is 5.97 Å². The number of nitrogens with one attached hydrogen (secondary N) is 1. The molecule has 0 heterocycles. The zero-order valence-corrected chi connectivity index (χ0v) is 13.3. The van der Waals surface area contributed by atoms with E-state index in [4.69, 9.17) is 21.4 Å². The van der Waals surface area contributed by atoms with Gasteiger partial charge in [0.2, 0.25) is 0 Å². The Morgan fingerprint density at radius 2 is 1.87 bits per heavy atom. The average Bonchev–Trinajstić information content (AvgIpc) is 2.55. The summed E-state index contributed by atoms with van der Waals surface area (Å²) in [6.45, 7) is 1.89. The topological polar surface area (TPSA) is 75.6 Å². The highest BCUT2D eigenvalue weighted by Crippen LogP contribution is 2.20. The Morgan fingerprint density at radius 1 is 1.17 bits per heavy atom. The molecule has 0 fully saturated rings. The monoisotopic (exact) mass is 333 g/mol. The standard InChI is InChI=1S/C17H16ClNO4/c1-2-11-3-6-13(7-4-11)23-10-16(20)19-12-5-8-15(18)14(9-12)17(21)22/h3-9H,2,10H2,1H3,(H,19,20)(H,21,22). The first-order valence-corrected chi connectivity index (χ1v) is 7.42. The van der Waals surface area contributed by atoms with Crippen molar-refractivity contribution in [2.45, 2.75) is 13.3 Å². The van der Waals surface area contributed by atoms with Crippen LogP contribution in [0, 0.1) is 0 Å². The number of hydrogen-bond donors (Lipinski definition) is 2. The van der Waals surface area contributed by atoms with E-state index in [-0.39, 0.29) is 23.1 Å². The molecule has 0 saturated carbocycles. The van der Waals surface area contributed by atoms with Crippen LogP contribution in [0.25, 0.3) is 0 Å². The molecule has 5 nitrogen and oxygen atoms in total. The number of ether oxygens (including phenoxy) is 1. The van der Waals surface area contributed by atoms with Crippen molar-refractivity contribution in [2.24, 2.45) is 0 Å². The van der Waals surface area contributed by atoms with Crippen molar-refractivity contribution in [3.8, 4) is 5.75 Å². The third-order valence-corrected chi connectivity index (χ3v) is 3.51. The summed E-state index contributed by atoms with van der Waals surface area (Å²) in [4.78, 5) is 22.9. The number of hydrogen-bond acceptors (Lipinski definition) is 3. The average molecular weight is 334 g/mol. The van der Waals surface area contributed by atoms with Crippen molar-refractivity contribution in [1.82, 2.24) is 0 Å². The number of benzene rings is 2. The maximum Gasteiger partial charge on any atom is 0.337 e. The smallest absolute Gasteiger partial charge is 0.337 e. The van der Waals surface area contributed by atoms with Gasteiger partial charge in [-0.25, -0.2) is 4.79 Å². The molecule has 0 bridgehead atoms. The number of halogens is 1. The Kier molecular flexibility index (Phi) is 5.60. The molecule has 2 N–H and O–H groups in total. The molecule has 0 aliphatic heterocycles. The molecular formula is C17H16ClNO4. The van der Waals surface area contributed by atoms with E-state index >= 15 is 0 Å².